The van der Waals surface area contributed by atoms with Crippen molar-refractivity contribution in [2.45, 2.75) is 19.1 Å². The standard InChI is InChI=1S/C12H18N4OS/c1-3-13-11-7-14-10(6-15-11)12(17)16-4-5-18-9(2)8-16/h6-7,9H,3-5,8H2,1-2H3,(H,13,15). The van der Waals surface area contributed by atoms with Gasteiger partial charge in [0, 0.05) is 30.6 Å². The van der Waals surface area contributed by atoms with Crippen molar-refractivity contribution in [1.82, 2.24) is 14.9 Å². The minimum absolute atomic E-state index is 0.0160. The Kier molecular flexibility index (Phi) is 4.41. The first kappa shape index (κ1) is 13.1. The molecule has 1 atom stereocenters. The van der Waals surface area contributed by atoms with Crippen molar-refractivity contribution >= 4 is 23.5 Å². The molecule has 1 N–H and O–H groups in total. The first-order valence-electron chi connectivity index (χ1n) is 6.17. The lowest BCUT2D eigenvalue weighted by Crippen LogP contribution is -2.41. The predicted octanol–water partition coefficient (Wildman–Crippen LogP) is 1.49. The maximum Gasteiger partial charge on any atom is 0.274 e. The Morgan fingerprint density at radius 2 is 2.39 bits per heavy atom. The van der Waals surface area contributed by atoms with Crippen molar-refractivity contribution < 1.29 is 4.79 Å². The van der Waals surface area contributed by atoms with E-state index in [4.69, 9.17) is 0 Å². The minimum atomic E-state index is -0.0160. The predicted molar refractivity (Wildman–Crippen MR) is 74.0 cm³/mol. The van der Waals surface area contributed by atoms with E-state index in [9.17, 15) is 4.79 Å². The van der Waals surface area contributed by atoms with Crippen LogP contribution in [0.15, 0.2) is 12.4 Å². The number of thioether (sulfide) groups is 1. The zero-order valence-corrected chi connectivity index (χ0v) is 11.5. The number of carbonyl (C=O) groups excluding carboxylic acids is 1. The van der Waals surface area contributed by atoms with Crippen LogP contribution in [0.3, 0.4) is 0 Å². The number of amides is 1. The molecule has 98 valence electrons. The molecule has 6 heteroatoms. The van der Waals surface area contributed by atoms with E-state index in [0.29, 0.717) is 16.8 Å². The normalized spacial score (nSPS) is 19.7. The van der Waals surface area contributed by atoms with Gasteiger partial charge in [-0.05, 0) is 6.92 Å². The maximum absolute atomic E-state index is 12.2. The maximum atomic E-state index is 12.2. The van der Waals surface area contributed by atoms with Crippen molar-refractivity contribution in [3.05, 3.63) is 18.1 Å². The number of hydrogen-bond acceptors (Lipinski definition) is 5. The van der Waals surface area contributed by atoms with Gasteiger partial charge in [-0.3, -0.25) is 4.79 Å². The number of aromatic nitrogens is 2. The highest BCUT2D eigenvalue weighted by molar-refractivity contribution is 7.99. The Morgan fingerprint density at radius 3 is 3.00 bits per heavy atom. The Balaban J connectivity index is 2.03. The molecule has 2 rings (SSSR count). The first-order valence-corrected chi connectivity index (χ1v) is 7.22. The van der Waals surface area contributed by atoms with E-state index < -0.39 is 0 Å². The Hall–Kier alpha value is -1.30. The number of hydrogen-bond donors (Lipinski definition) is 1. The van der Waals surface area contributed by atoms with Gasteiger partial charge in [0.05, 0.1) is 12.4 Å². The van der Waals surface area contributed by atoms with Gasteiger partial charge < -0.3 is 10.2 Å². The van der Waals surface area contributed by atoms with E-state index >= 15 is 0 Å². The second kappa shape index (κ2) is 6.04. The molecule has 0 saturated carbocycles. The van der Waals surface area contributed by atoms with Crippen LogP contribution in [0.5, 0.6) is 0 Å². The van der Waals surface area contributed by atoms with Crippen LogP contribution in [0, 0.1) is 0 Å². The van der Waals surface area contributed by atoms with Crippen LogP contribution in [0.25, 0.3) is 0 Å². The molecule has 2 heterocycles. The summed E-state index contributed by atoms with van der Waals surface area (Å²) < 4.78 is 0. The molecular formula is C12H18N4OS. The van der Waals surface area contributed by atoms with E-state index in [-0.39, 0.29) is 5.91 Å². The average molecular weight is 266 g/mol. The first-order chi connectivity index (χ1) is 8.70. The van der Waals surface area contributed by atoms with Crippen LogP contribution in [-0.4, -0.2) is 51.4 Å². The van der Waals surface area contributed by atoms with Crippen LogP contribution in [0.1, 0.15) is 24.3 Å². The lowest BCUT2D eigenvalue weighted by Gasteiger charge is -2.30. The Morgan fingerprint density at radius 1 is 1.56 bits per heavy atom. The lowest BCUT2D eigenvalue weighted by atomic mass is 10.3. The van der Waals surface area contributed by atoms with Gasteiger partial charge >= 0.3 is 0 Å². The fourth-order valence-electron chi connectivity index (χ4n) is 1.88. The molecular weight excluding hydrogens is 248 g/mol. The van der Waals surface area contributed by atoms with E-state index in [1.807, 2.05) is 23.6 Å². The summed E-state index contributed by atoms with van der Waals surface area (Å²) in [6, 6.07) is 0. The van der Waals surface area contributed by atoms with Crippen LogP contribution in [-0.2, 0) is 0 Å². The van der Waals surface area contributed by atoms with Crippen molar-refractivity contribution in [2.24, 2.45) is 0 Å². The molecule has 0 spiro atoms. The second-order valence-corrected chi connectivity index (χ2v) is 5.80. The molecule has 1 aromatic heterocycles. The molecule has 5 nitrogen and oxygen atoms in total. The van der Waals surface area contributed by atoms with Crippen LogP contribution < -0.4 is 5.32 Å². The third-order valence-electron chi connectivity index (χ3n) is 2.76. The fourth-order valence-corrected chi connectivity index (χ4v) is 2.89. The topological polar surface area (TPSA) is 58.1 Å². The van der Waals surface area contributed by atoms with Crippen molar-refractivity contribution in [2.75, 3.05) is 30.7 Å². The molecule has 0 aromatic carbocycles. The number of rotatable bonds is 3. The zero-order chi connectivity index (χ0) is 13.0. The van der Waals surface area contributed by atoms with Crippen LogP contribution in [0.2, 0.25) is 0 Å². The molecule has 1 aliphatic rings. The van der Waals surface area contributed by atoms with Crippen LogP contribution in [0.4, 0.5) is 5.82 Å². The van der Waals surface area contributed by atoms with Gasteiger partial charge in [0.25, 0.3) is 5.91 Å². The molecule has 0 bridgehead atoms. The number of carbonyl (C=O) groups is 1. The summed E-state index contributed by atoms with van der Waals surface area (Å²) in [4.78, 5) is 22.4. The molecule has 18 heavy (non-hydrogen) atoms. The van der Waals surface area contributed by atoms with E-state index in [1.165, 1.54) is 0 Å². The third kappa shape index (κ3) is 3.13. The number of nitrogens with one attached hydrogen (secondary N) is 1. The summed E-state index contributed by atoms with van der Waals surface area (Å²) >= 11 is 1.90. The van der Waals surface area contributed by atoms with Crippen molar-refractivity contribution in [3.63, 3.8) is 0 Å². The second-order valence-electron chi connectivity index (χ2n) is 4.25. The van der Waals surface area contributed by atoms with E-state index in [2.05, 4.69) is 22.2 Å². The zero-order valence-electron chi connectivity index (χ0n) is 10.7. The summed E-state index contributed by atoms with van der Waals surface area (Å²) in [6.45, 7) is 6.52. The fraction of sp³-hybridized carbons (Fsp3) is 0.583. The van der Waals surface area contributed by atoms with Gasteiger partial charge in [-0.25, -0.2) is 9.97 Å². The molecule has 1 unspecified atom stereocenters. The number of anilines is 1. The van der Waals surface area contributed by atoms with Gasteiger partial charge in [0.2, 0.25) is 0 Å². The summed E-state index contributed by atoms with van der Waals surface area (Å²) in [5.41, 5.74) is 0.427. The van der Waals surface area contributed by atoms with Gasteiger partial charge in [0.1, 0.15) is 11.5 Å². The molecule has 0 aliphatic carbocycles. The van der Waals surface area contributed by atoms with E-state index in [0.717, 1.165) is 25.4 Å². The molecule has 1 aliphatic heterocycles. The smallest absolute Gasteiger partial charge is 0.274 e. The van der Waals surface area contributed by atoms with Crippen molar-refractivity contribution in [1.29, 1.82) is 0 Å². The highest BCUT2D eigenvalue weighted by Gasteiger charge is 2.23. The average Bonchev–Trinajstić information content (AvgIpc) is 2.39. The van der Waals surface area contributed by atoms with E-state index in [1.54, 1.807) is 12.4 Å². The monoisotopic (exact) mass is 266 g/mol. The largest absolute Gasteiger partial charge is 0.369 e. The lowest BCUT2D eigenvalue weighted by molar-refractivity contribution is 0.0757. The molecule has 1 fully saturated rings. The molecule has 1 amide bonds. The summed E-state index contributed by atoms with van der Waals surface area (Å²) in [5, 5.41) is 3.56. The van der Waals surface area contributed by atoms with Gasteiger partial charge in [-0.2, -0.15) is 11.8 Å². The summed E-state index contributed by atoms with van der Waals surface area (Å²) in [6.07, 6.45) is 3.16. The molecule has 1 aromatic rings. The third-order valence-corrected chi connectivity index (χ3v) is 3.89. The quantitative estimate of drug-likeness (QED) is 0.898. The van der Waals surface area contributed by atoms with Gasteiger partial charge in [-0.15, -0.1) is 0 Å². The molecule has 1 saturated heterocycles. The Labute approximate surface area is 111 Å². The Bertz CT molecular complexity index is 409. The molecule has 0 radical (unpaired) electrons. The summed E-state index contributed by atoms with van der Waals surface area (Å²) in [5.74, 6) is 1.69. The van der Waals surface area contributed by atoms with Crippen LogP contribution >= 0.6 is 11.8 Å². The summed E-state index contributed by atoms with van der Waals surface area (Å²) in [7, 11) is 0. The highest BCUT2D eigenvalue weighted by Crippen LogP contribution is 2.19. The van der Waals surface area contributed by atoms with Crippen molar-refractivity contribution in [3.8, 4) is 0 Å². The highest BCUT2D eigenvalue weighted by atomic mass is 32.2. The minimum Gasteiger partial charge on any atom is -0.369 e. The number of nitrogens with zero attached hydrogens (tertiary/aromatic N) is 3. The SMILES string of the molecule is CCNc1cnc(C(=O)N2CCSC(C)C2)cn1. The van der Waals surface area contributed by atoms with Gasteiger partial charge in [0.15, 0.2) is 0 Å². The van der Waals surface area contributed by atoms with Gasteiger partial charge in [-0.1, -0.05) is 6.92 Å².